The lowest BCUT2D eigenvalue weighted by molar-refractivity contribution is -0.147. The number of amides is 2. The Morgan fingerprint density at radius 1 is 1.41 bits per heavy atom. The Morgan fingerprint density at radius 2 is 2.18 bits per heavy atom. The number of carbonyl (C=O) groups excluding carboxylic acids is 1. The summed E-state index contributed by atoms with van der Waals surface area (Å²) in [5, 5.41) is 16.1. The van der Waals surface area contributed by atoms with Gasteiger partial charge in [0, 0.05) is 25.1 Å². The van der Waals surface area contributed by atoms with Gasteiger partial charge in [0.1, 0.15) is 11.5 Å². The van der Waals surface area contributed by atoms with Gasteiger partial charge in [-0.1, -0.05) is 5.16 Å². The first-order valence-electron chi connectivity index (χ1n) is 7.72. The van der Waals surface area contributed by atoms with Crippen LogP contribution in [0, 0.1) is 5.41 Å². The second-order valence-corrected chi connectivity index (χ2v) is 6.43. The maximum atomic E-state index is 12.2. The van der Waals surface area contributed by atoms with Crippen molar-refractivity contribution in [1.29, 1.82) is 0 Å². The summed E-state index contributed by atoms with van der Waals surface area (Å²) in [7, 11) is 0. The van der Waals surface area contributed by atoms with Gasteiger partial charge in [0.05, 0.1) is 12.0 Å². The molecule has 1 aromatic heterocycles. The minimum atomic E-state index is -0.853. The first-order chi connectivity index (χ1) is 10.5. The Hall–Kier alpha value is -2.05. The van der Waals surface area contributed by atoms with E-state index in [1.54, 1.807) is 11.8 Å². The lowest BCUT2D eigenvalue weighted by Crippen LogP contribution is -2.40. The van der Waals surface area contributed by atoms with Gasteiger partial charge in [0.15, 0.2) is 0 Å². The molecule has 0 bridgehead atoms. The predicted octanol–water partition coefficient (Wildman–Crippen LogP) is 1.56. The molecule has 7 nitrogen and oxygen atoms in total. The third-order valence-electron chi connectivity index (χ3n) is 4.72. The fourth-order valence-corrected chi connectivity index (χ4v) is 3.17. The third kappa shape index (κ3) is 2.67. The lowest BCUT2D eigenvalue weighted by Gasteiger charge is -2.20. The molecule has 2 aliphatic rings. The fraction of sp³-hybridized carbons (Fsp3) is 0.667. The smallest absolute Gasteiger partial charge is 0.317 e. The molecule has 1 aliphatic heterocycles. The number of hydrogen-bond donors (Lipinski definition) is 2. The first kappa shape index (κ1) is 14.9. The van der Waals surface area contributed by atoms with Crippen LogP contribution >= 0.6 is 0 Å². The van der Waals surface area contributed by atoms with Crippen molar-refractivity contribution in [1.82, 2.24) is 15.4 Å². The summed E-state index contributed by atoms with van der Waals surface area (Å²) in [6.07, 6.45) is 4.59. The molecule has 0 saturated carbocycles. The minimum Gasteiger partial charge on any atom is -0.481 e. The van der Waals surface area contributed by atoms with E-state index in [4.69, 9.17) is 4.52 Å². The number of carbonyl (C=O) groups is 2. The molecule has 0 radical (unpaired) electrons. The average Bonchev–Trinajstić information content (AvgIpc) is 3.10. The van der Waals surface area contributed by atoms with Crippen LogP contribution in [0.15, 0.2) is 4.52 Å². The highest BCUT2D eigenvalue weighted by Gasteiger charge is 2.42. The number of fused-ring (bicyclic) bond motifs is 1. The van der Waals surface area contributed by atoms with E-state index in [9.17, 15) is 14.7 Å². The topological polar surface area (TPSA) is 95.7 Å². The van der Waals surface area contributed by atoms with Crippen LogP contribution in [-0.4, -0.2) is 40.3 Å². The van der Waals surface area contributed by atoms with Crippen LogP contribution in [0.1, 0.15) is 43.2 Å². The van der Waals surface area contributed by atoms with E-state index in [2.05, 4.69) is 10.5 Å². The number of urea groups is 1. The number of rotatable bonds is 3. The summed E-state index contributed by atoms with van der Waals surface area (Å²) in [6.45, 7) is 2.71. The van der Waals surface area contributed by atoms with Crippen LogP contribution in [0.3, 0.4) is 0 Å². The van der Waals surface area contributed by atoms with Gasteiger partial charge >= 0.3 is 12.0 Å². The van der Waals surface area contributed by atoms with Gasteiger partial charge in [0.25, 0.3) is 0 Å². The lowest BCUT2D eigenvalue weighted by atomic mass is 9.90. The average molecular weight is 307 g/mol. The zero-order valence-corrected chi connectivity index (χ0v) is 12.7. The fourth-order valence-electron chi connectivity index (χ4n) is 3.17. The first-order valence-corrected chi connectivity index (χ1v) is 7.72. The quantitative estimate of drug-likeness (QED) is 0.883. The number of nitrogens with one attached hydrogen (secondary N) is 1. The maximum Gasteiger partial charge on any atom is 0.317 e. The van der Waals surface area contributed by atoms with Crippen molar-refractivity contribution < 1.29 is 19.2 Å². The normalized spacial score (nSPS) is 24.1. The Bertz CT molecular complexity index is 598. The third-order valence-corrected chi connectivity index (χ3v) is 4.72. The van der Waals surface area contributed by atoms with Crippen molar-refractivity contribution in [2.24, 2.45) is 5.41 Å². The maximum absolute atomic E-state index is 12.2. The van der Waals surface area contributed by atoms with Gasteiger partial charge in [-0.25, -0.2) is 4.79 Å². The van der Waals surface area contributed by atoms with E-state index in [-0.39, 0.29) is 12.6 Å². The number of likely N-dealkylation sites (tertiary alicyclic amines) is 1. The standard InChI is InChI=1S/C15H21N3O4/c1-15(13(19)20)6-7-18(9-15)14(21)16-8-11-10-4-2-3-5-12(10)22-17-11/h2-9H2,1H3,(H,16,21)(H,19,20). The minimum absolute atomic E-state index is 0.238. The Balaban J connectivity index is 1.57. The van der Waals surface area contributed by atoms with Crippen molar-refractivity contribution in [2.45, 2.75) is 45.6 Å². The summed E-state index contributed by atoms with van der Waals surface area (Å²) in [5.41, 5.74) is 1.08. The van der Waals surface area contributed by atoms with Crippen LogP contribution in [0.4, 0.5) is 4.79 Å². The van der Waals surface area contributed by atoms with Gasteiger partial charge in [-0.15, -0.1) is 0 Å². The Labute approximate surface area is 128 Å². The molecule has 3 rings (SSSR count). The zero-order valence-electron chi connectivity index (χ0n) is 12.7. The monoisotopic (exact) mass is 307 g/mol. The predicted molar refractivity (Wildman–Crippen MR) is 77.3 cm³/mol. The Morgan fingerprint density at radius 3 is 2.91 bits per heavy atom. The van der Waals surface area contributed by atoms with E-state index in [1.165, 1.54) is 0 Å². The van der Waals surface area contributed by atoms with Gasteiger partial charge in [-0.2, -0.15) is 0 Å². The molecule has 1 unspecified atom stereocenters. The number of carboxylic acids is 1. The van der Waals surface area contributed by atoms with Crippen LogP contribution in [0.2, 0.25) is 0 Å². The zero-order chi connectivity index (χ0) is 15.7. The second kappa shape index (κ2) is 5.62. The molecule has 2 N–H and O–H groups in total. The summed E-state index contributed by atoms with van der Waals surface area (Å²) >= 11 is 0. The molecule has 0 aromatic carbocycles. The molecule has 2 amide bonds. The number of aliphatic carboxylic acids is 1. The highest BCUT2D eigenvalue weighted by Crippen LogP contribution is 2.30. The molecule has 1 atom stereocenters. The number of aromatic nitrogens is 1. The molecular formula is C15H21N3O4. The summed E-state index contributed by atoms with van der Waals surface area (Å²) < 4.78 is 5.32. The molecule has 7 heteroatoms. The largest absolute Gasteiger partial charge is 0.481 e. The van der Waals surface area contributed by atoms with E-state index in [1.807, 2.05) is 0 Å². The van der Waals surface area contributed by atoms with E-state index in [0.29, 0.717) is 19.5 Å². The molecule has 120 valence electrons. The summed E-state index contributed by atoms with van der Waals surface area (Å²) in [4.78, 5) is 25.0. The molecular weight excluding hydrogens is 286 g/mol. The number of carboxylic acid groups (broad SMARTS) is 1. The van der Waals surface area contributed by atoms with Crippen molar-refractivity contribution in [2.75, 3.05) is 13.1 Å². The summed E-state index contributed by atoms with van der Waals surface area (Å²) in [6, 6.07) is -0.238. The van der Waals surface area contributed by atoms with Crippen molar-refractivity contribution in [3.05, 3.63) is 17.0 Å². The molecule has 1 saturated heterocycles. The molecule has 1 fully saturated rings. The Kier molecular flexibility index (Phi) is 3.80. The van der Waals surface area contributed by atoms with Crippen molar-refractivity contribution in [3.8, 4) is 0 Å². The highest BCUT2D eigenvalue weighted by molar-refractivity contribution is 5.79. The number of aryl methyl sites for hydroxylation is 1. The molecule has 22 heavy (non-hydrogen) atoms. The molecule has 1 aromatic rings. The van der Waals surface area contributed by atoms with E-state index in [0.717, 1.165) is 42.7 Å². The van der Waals surface area contributed by atoms with Crippen LogP contribution in [0.25, 0.3) is 0 Å². The highest BCUT2D eigenvalue weighted by atomic mass is 16.5. The van der Waals surface area contributed by atoms with Crippen LogP contribution < -0.4 is 5.32 Å². The molecule has 1 aliphatic carbocycles. The summed E-state index contributed by atoms with van der Waals surface area (Å²) in [5.74, 6) is 0.0866. The number of nitrogens with zero attached hydrogens (tertiary/aromatic N) is 2. The van der Waals surface area contributed by atoms with Crippen LogP contribution in [0.5, 0.6) is 0 Å². The van der Waals surface area contributed by atoms with E-state index < -0.39 is 11.4 Å². The van der Waals surface area contributed by atoms with Gasteiger partial charge in [-0.05, 0) is 32.6 Å². The van der Waals surface area contributed by atoms with Gasteiger partial charge in [-0.3, -0.25) is 4.79 Å². The van der Waals surface area contributed by atoms with Crippen LogP contribution in [-0.2, 0) is 24.2 Å². The second-order valence-electron chi connectivity index (χ2n) is 6.43. The molecule has 2 heterocycles. The van der Waals surface area contributed by atoms with Crippen molar-refractivity contribution >= 4 is 12.0 Å². The van der Waals surface area contributed by atoms with E-state index >= 15 is 0 Å². The van der Waals surface area contributed by atoms with Gasteiger partial charge < -0.3 is 19.8 Å². The number of hydrogen-bond acceptors (Lipinski definition) is 4. The van der Waals surface area contributed by atoms with Gasteiger partial charge in [0.2, 0.25) is 0 Å². The SMILES string of the molecule is CC1(C(=O)O)CCN(C(=O)NCc2noc3c2CCCC3)C1. The molecule has 0 spiro atoms. The van der Waals surface area contributed by atoms with Crippen molar-refractivity contribution in [3.63, 3.8) is 0 Å².